The fraction of sp³-hybridized carbons (Fsp3) is 1.00. The van der Waals surface area contributed by atoms with Gasteiger partial charge in [-0.3, -0.25) is 34.3 Å². The molecular formula is C80H153N7O. The molecule has 6 saturated carbocycles. The van der Waals surface area contributed by atoms with Gasteiger partial charge in [0.25, 0.3) is 0 Å². The van der Waals surface area contributed by atoms with Crippen LogP contribution in [0.1, 0.15) is 332 Å². The Morgan fingerprint density at radius 1 is 0.182 bits per heavy atom. The van der Waals surface area contributed by atoms with E-state index in [1.54, 1.807) is 0 Å². The van der Waals surface area contributed by atoms with Gasteiger partial charge in [-0.25, -0.2) is 0 Å². The Kier molecular flexibility index (Phi) is 23.4. The molecule has 14 fully saturated rings. The molecule has 14 rings (SSSR count). The third-order valence-electron chi connectivity index (χ3n) is 26.9. The van der Waals surface area contributed by atoms with Crippen molar-refractivity contribution in [3.63, 3.8) is 0 Å². The zero-order chi connectivity index (χ0) is 64.6. The Bertz CT molecular complexity index is 2030. The zero-order valence-electron chi connectivity index (χ0n) is 63.4. The third-order valence-corrected chi connectivity index (χ3v) is 26.9. The van der Waals surface area contributed by atoms with E-state index in [1.165, 1.54) is 278 Å². The van der Waals surface area contributed by atoms with Crippen LogP contribution in [0.15, 0.2) is 0 Å². The second kappa shape index (κ2) is 28.0. The number of piperidine rings is 3. The summed E-state index contributed by atoms with van der Waals surface area (Å²) in [5.41, 5.74) is 8.03. The summed E-state index contributed by atoms with van der Waals surface area (Å²) in [7, 11) is 0. The molecule has 14 aliphatic rings. The zero-order valence-corrected chi connectivity index (χ0v) is 63.4. The van der Waals surface area contributed by atoms with Crippen LogP contribution in [0.5, 0.6) is 0 Å². The van der Waals surface area contributed by atoms with Crippen LogP contribution in [0.2, 0.25) is 0 Å². The van der Waals surface area contributed by atoms with Gasteiger partial charge in [-0.15, -0.1) is 0 Å². The SMILES string of the molecule is CC(C)(C)N1CC2(CCCCC2)C1.CC(C)(C)N1CCC2(CC1)CC2.CC(C)(C)N1CCC2(CC1)COC2.CC(C)(C)N1CCC2(CC2)C1.CC(C)(C)N1CCC2(CCC2)C1.CC(C)(C)N1CCC2(CCC2)CC1.CC(C)(C)N1CCC2(CCCCC2)C1. The second-order valence-corrected chi connectivity index (χ2v) is 40.8. The number of hydrogen-bond donors (Lipinski definition) is 0. The lowest BCUT2D eigenvalue weighted by Gasteiger charge is -2.57. The molecule has 0 bridgehead atoms. The van der Waals surface area contributed by atoms with E-state index < -0.39 is 0 Å². The maximum atomic E-state index is 5.32. The third kappa shape index (κ3) is 20.1. The summed E-state index contributed by atoms with van der Waals surface area (Å²) in [5, 5.41) is 0. The van der Waals surface area contributed by atoms with Crippen LogP contribution in [0, 0.1) is 37.9 Å². The van der Waals surface area contributed by atoms with Gasteiger partial charge in [0.1, 0.15) is 0 Å². The van der Waals surface area contributed by atoms with Crippen molar-refractivity contribution in [2.45, 2.75) is 370 Å². The number of rotatable bonds is 0. The van der Waals surface area contributed by atoms with Crippen molar-refractivity contribution >= 4 is 0 Å². The minimum absolute atomic E-state index is 0.353. The average molecular weight is 1230 g/mol. The summed E-state index contributed by atoms with van der Waals surface area (Å²) < 4.78 is 5.32. The molecule has 6 aliphatic carbocycles. The highest BCUT2D eigenvalue weighted by molar-refractivity contribution is 5.05. The summed E-state index contributed by atoms with van der Waals surface area (Å²) in [4.78, 5) is 18.5. The van der Waals surface area contributed by atoms with Crippen molar-refractivity contribution in [1.82, 2.24) is 34.3 Å². The van der Waals surface area contributed by atoms with Gasteiger partial charge in [0.2, 0.25) is 0 Å². The number of ether oxygens (including phenoxy) is 1. The number of likely N-dealkylation sites (tertiary alicyclic amines) is 7. The molecule has 0 radical (unpaired) electrons. The van der Waals surface area contributed by atoms with Gasteiger partial charge in [0.15, 0.2) is 0 Å². The minimum Gasteiger partial charge on any atom is -0.380 e. The van der Waals surface area contributed by atoms with Crippen LogP contribution in [0.25, 0.3) is 0 Å². The van der Waals surface area contributed by atoms with Crippen molar-refractivity contribution in [3.8, 4) is 0 Å². The molecule has 0 aromatic rings. The van der Waals surface area contributed by atoms with Gasteiger partial charge >= 0.3 is 0 Å². The van der Waals surface area contributed by atoms with Gasteiger partial charge in [-0.05, 0) is 372 Å². The average Bonchev–Trinajstić information content (AvgIpc) is 2.19. The first-order valence-electron chi connectivity index (χ1n) is 38.5. The number of nitrogens with zero attached hydrogens (tertiary/aromatic N) is 7. The fourth-order valence-electron chi connectivity index (χ4n) is 18.2. The van der Waals surface area contributed by atoms with E-state index in [9.17, 15) is 0 Å². The van der Waals surface area contributed by atoms with Crippen molar-refractivity contribution in [3.05, 3.63) is 0 Å². The summed E-state index contributed by atoms with van der Waals surface area (Å²) >= 11 is 0. The standard InChI is InChI=1S/C13H25N.2C12H23N.C11H21NO.2C11H21N.C10H19N/c1-12(2,3)14-10-9-13(11-14)7-5-4-6-8-13;1-11(2,3)13-9-7-12(8-10-13)5-4-6-12;1-11(2,3)13-9-12(10-13)7-5-4-6-8-12;1-10(2,3)12-6-4-11(5-7-12)8-13-9-11;1-10(2,3)12-8-6-11(4-5-11)7-9-12;1-10(2,3)12-8-7-11(9-12)5-4-6-11;1-9(2,3)11-7-6-10(8-11)4-5-10/h4-11H2,1-3H3;2*4-10H2,1-3H3;4-9H2,1-3H3;2*4-9H2,1-3H3;4-8H2,1-3H3. The Balaban J connectivity index is 0.000000133. The minimum atomic E-state index is 0.353. The summed E-state index contributed by atoms with van der Waals surface area (Å²) in [6.45, 7) is 69.8. The normalized spacial score (nSPS) is 29.0. The molecular weight excluding hydrogens is 1070 g/mol. The molecule has 0 N–H and O–H groups in total. The molecule has 8 heteroatoms. The van der Waals surface area contributed by atoms with Crippen molar-refractivity contribution < 1.29 is 4.74 Å². The molecule has 0 aromatic carbocycles. The van der Waals surface area contributed by atoms with Crippen molar-refractivity contribution in [1.29, 1.82) is 0 Å². The van der Waals surface area contributed by atoms with Crippen LogP contribution >= 0.6 is 0 Å². The van der Waals surface area contributed by atoms with Crippen molar-refractivity contribution in [2.24, 2.45) is 37.9 Å². The largest absolute Gasteiger partial charge is 0.380 e. The maximum absolute atomic E-state index is 5.32. The van der Waals surface area contributed by atoms with Crippen LogP contribution in [0.4, 0.5) is 0 Å². The Morgan fingerprint density at radius 2 is 0.386 bits per heavy atom. The van der Waals surface area contributed by atoms with Gasteiger partial charge < -0.3 is 4.74 Å². The predicted molar refractivity (Wildman–Crippen MR) is 381 cm³/mol. The molecule has 8 aliphatic heterocycles. The van der Waals surface area contributed by atoms with Crippen LogP contribution in [-0.4, -0.2) is 178 Å². The summed E-state index contributed by atoms with van der Waals surface area (Å²) in [6, 6.07) is 0. The van der Waals surface area contributed by atoms with E-state index in [2.05, 4.69) is 180 Å². The monoisotopic (exact) mass is 1230 g/mol. The molecule has 0 atom stereocenters. The highest BCUT2D eigenvalue weighted by Gasteiger charge is 2.51. The molecule has 0 amide bonds. The first-order valence-corrected chi connectivity index (χ1v) is 38.5. The van der Waals surface area contributed by atoms with E-state index in [0.717, 1.165) is 45.7 Å². The second-order valence-electron chi connectivity index (χ2n) is 40.8. The summed E-state index contributed by atoms with van der Waals surface area (Å²) in [5.74, 6) is 0. The first kappa shape index (κ1) is 73.5. The lowest BCUT2D eigenvalue weighted by atomic mass is 9.63. The smallest absolute Gasteiger partial charge is 0.0545 e. The van der Waals surface area contributed by atoms with E-state index in [4.69, 9.17) is 4.74 Å². The van der Waals surface area contributed by atoms with Gasteiger partial charge in [0, 0.05) is 76.9 Å². The molecule has 514 valence electrons. The van der Waals surface area contributed by atoms with E-state index >= 15 is 0 Å². The molecule has 0 aromatic heterocycles. The molecule has 8 nitrogen and oxygen atoms in total. The molecule has 88 heavy (non-hydrogen) atoms. The van der Waals surface area contributed by atoms with Crippen LogP contribution in [0.3, 0.4) is 0 Å². The fourth-order valence-corrected chi connectivity index (χ4v) is 18.2. The van der Waals surface area contributed by atoms with E-state index in [0.29, 0.717) is 44.2 Å². The van der Waals surface area contributed by atoms with Crippen LogP contribution < -0.4 is 0 Å². The molecule has 8 saturated heterocycles. The first-order chi connectivity index (χ1) is 40.6. The van der Waals surface area contributed by atoms with Gasteiger partial charge in [-0.2, -0.15) is 0 Å². The molecule has 7 spiro atoms. The highest BCUT2D eigenvalue weighted by atomic mass is 16.5. The van der Waals surface area contributed by atoms with E-state index in [-0.39, 0.29) is 0 Å². The topological polar surface area (TPSA) is 31.9 Å². The lowest BCUT2D eigenvalue weighted by Crippen LogP contribution is -2.63. The van der Waals surface area contributed by atoms with Crippen molar-refractivity contribution in [2.75, 3.05) is 105 Å². The number of hydrogen-bond acceptors (Lipinski definition) is 8. The quantitative estimate of drug-likeness (QED) is 0.237. The summed E-state index contributed by atoms with van der Waals surface area (Å²) in [6.07, 6.45) is 42.9. The maximum Gasteiger partial charge on any atom is 0.0545 e. The van der Waals surface area contributed by atoms with Gasteiger partial charge in [0.05, 0.1) is 13.2 Å². The Morgan fingerprint density at radius 3 is 0.602 bits per heavy atom. The lowest BCUT2D eigenvalue weighted by molar-refractivity contribution is -0.145. The molecule has 0 unspecified atom stereocenters. The van der Waals surface area contributed by atoms with E-state index in [1.807, 2.05) is 0 Å². The predicted octanol–water partition coefficient (Wildman–Crippen LogP) is 19.0. The molecule has 8 heterocycles. The Hall–Kier alpha value is -0.320. The highest BCUT2D eigenvalue weighted by Crippen LogP contribution is 2.56. The van der Waals surface area contributed by atoms with Gasteiger partial charge in [-0.1, -0.05) is 51.4 Å². The van der Waals surface area contributed by atoms with Crippen LogP contribution in [-0.2, 0) is 4.74 Å². The Labute approximate surface area is 549 Å².